The smallest absolute Gasteiger partial charge is 0.328 e. The van der Waals surface area contributed by atoms with Gasteiger partial charge in [-0.2, -0.15) is 4.31 Å². The van der Waals surface area contributed by atoms with Crippen LogP contribution >= 0.6 is 0 Å². The molecule has 0 spiro atoms. The third-order valence-electron chi connectivity index (χ3n) is 5.82. The number of amides is 2. The number of nitrogens with zero attached hydrogens (tertiary/aromatic N) is 2. The zero-order valence-electron chi connectivity index (χ0n) is 20.1. The lowest BCUT2D eigenvalue weighted by atomic mass is 10.0. The van der Waals surface area contributed by atoms with Gasteiger partial charge in [-0.05, 0) is 35.9 Å². The quantitative estimate of drug-likeness (QED) is 0.511. The number of hydrogen-bond donors (Lipinski definition) is 1. The van der Waals surface area contributed by atoms with E-state index < -0.39 is 45.7 Å². The van der Waals surface area contributed by atoms with E-state index in [9.17, 15) is 27.2 Å². The van der Waals surface area contributed by atoms with Crippen LogP contribution in [-0.2, 0) is 30.8 Å². The first kappa shape index (κ1) is 27.1. The Hall–Kier alpha value is -3.51. The molecule has 0 radical (unpaired) electrons. The van der Waals surface area contributed by atoms with Crippen LogP contribution in [0.15, 0.2) is 48.5 Å². The summed E-state index contributed by atoms with van der Waals surface area (Å²) in [4.78, 5) is 39.9. The average molecular weight is 522 g/mol. The molecule has 1 saturated heterocycles. The third-order valence-corrected chi connectivity index (χ3v) is 7.11. The first-order valence-corrected chi connectivity index (χ1v) is 12.9. The maximum atomic E-state index is 13.6. The Balaban J connectivity index is 1.82. The van der Waals surface area contributed by atoms with E-state index in [1.54, 1.807) is 24.3 Å². The number of esters is 1. The molecule has 36 heavy (non-hydrogen) atoms. The summed E-state index contributed by atoms with van der Waals surface area (Å²) in [6, 6.07) is 9.55. The van der Waals surface area contributed by atoms with Gasteiger partial charge in [-0.3, -0.25) is 9.59 Å². The van der Waals surface area contributed by atoms with Crippen LogP contribution in [0.3, 0.4) is 0 Å². The molecule has 1 aliphatic rings. The van der Waals surface area contributed by atoms with Crippen LogP contribution < -0.4 is 10.1 Å². The second-order valence-electron chi connectivity index (χ2n) is 8.29. The van der Waals surface area contributed by atoms with Crippen LogP contribution in [0.1, 0.15) is 15.9 Å². The summed E-state index contributed by atoms with van der Waals surface area (Å²) in [7, 11) is -1.13. The number of methoxy groups -OCH3 is 2. The number of nitrogens with one attached hydrogen (secondary N) is 1. The van der Waals surface area contributed by atoms with E-state index in [1.807, 2.05) is 0 Å². The second-order valence-corrected chi connectivity index (χ2v) is 10.2. The summed E-state index contributed by atoms with van der Waals surface area (Å²) >= 11 is 0. The molecule has 12 heteroatoms. The van der Waals surface area contributed by atoms with Gasteiger partial charge in [0.1, 0.15) is 23.7 Å². The number of piperazine rings is 1. The molecule has 0 bridgehead atoms. The van der Waals surface area contributed by atoms with Crippen molar-refractivity contribution in [3.8, 4) is 5.75 Å². The Labute approximate surface area is 209 Å². The zero-order chi connectivity index (χ0) is 26.5. The maximum absolute atomic E-state index is 13.6. The van der Waals surface area contributed by atoms with E-state index in [1.165, 1.54) is 37.3 Å². The van der Waals surface area contributed by atoms with E-state index in [0.717, 1.165) is 16.6 Å². The lowest BCUT2D eigenvalue weighted by Crippen LogP contribution is -2.62. The predicted octanol–water partition coefficient (Wildman–Crippen LogP) is 0.821. The largest absolute Gasteiger partial charge is 0.497 e. The molecule has 2 aromatic rings. The van der Waals surface area contributed by atoms with E-state index in [0.29, 0.717) is 11.3 Å². The highest BCUT2D eigenvalue weighted by atomic mass is 32.2. The minimum Gasteiger partial charge on any atom is -0.497 e. The maximum Gasteiger partial charge on any atom is 0.328 e. The van der Waals surface area contributed by atoms with Crippen molar-refractivity contribution in [1.82, 2.24) is 14.5 Å². The Morgan fingerprint density at radius 2 is 1.81 bits per heavy atom. The van der Waals surface area contributed by atoms with Crippen molar-refractivity contribution >= 4 is 27.8 Å². The van der Waals surface area contributed by atoms with Crippen LogP contribution in [0.4, 0.5) is 4.39 Å². The molecule has 1 fully saturated rings. The molecule has 194 valence electrons. The van der Waals surface area contributed by atoms with Crippen molar-refractivity contribution in [3.05, 3.63) is 65.5 Å². The molecule has 0 saturated carbocycles. The van der Waals surface area contributed by atoms with E-state index in [-0.39, 0.29) is 31.6 Å². The van der Waals surface area contributed by atoms with E-state index >= 15 is 0 Å². The van der Waals surface area contributed by atoms with Gasteiger partial charge in [0.05, 0.1) is 20.5 Å². The van der Waals surface area contributed by atoms with Crippen molar-refractivity contribution in [2.75, 3.05) is 40.1 Å². The lowest BCUT2D eigenvalue weighted by molar-refractivity contribution is -0.145. The van der Waals surface area contributed by atoms with Gasteiger partial charge in [0.25, 0.3) is 5.91 Å². The molecule has 1 aliphatic heterocycles. The molecule has 2 unspecified atom stereocenters. The van der Waals surface area contributed by atoms with Crippen LogP contribution in [0, 0.1) is 5.82 Å². The Bertz CT molecular complexity index is 1220. The van der Waals surface area contributed by atoms with Crippen LogP contribution in [0.5, 0.6) is 5.75 Å². The number of carbonyl (C=O) groups excluding carboxylic acids is 3. The van der Waals surface area contributed by atoms with Gasteiger partial charge in [-0.25, -0.2) is 17.6 Å². The highest BCUT2D eigenvalue weighted by Crippen LogP contribution is 2.18. The third kappa shape index (κ3) is 6.58. The van der Waals surface area contributed by atoms with Crippen molar-refractivity contribution < 1.29 is 36.7 Å². The molecule has 10 nitrogen and oxygen atoms in total. The fraction of sp³-hybridized carbons (Fsp3) is 0.375. The fourth-order valence-electron chi connectivity index (χ4n) is 3.97. The minimum absolute atomic E-state index is 0.0124. The molecule has 0 aliphatic carbocycles. The zero-order valence-corrected chi connectivity index (χ0v) is 21.0. The van der Waals surface area contributed by atoms with Gasteiger partial charge in [0, 0.05) is 31.6 Å². The van der Waals surface area contributed by atoms with Crippen LogP contribution in [0.2, 0.25) is 0 Å². The average Bonchev–Trinajstić information content (AvgIpc) is 2.86. The summed E-state index contributed by atoms with van der Waals surface area (Å²) in [5.74, 6) is -1.99. The number of ether oxygens (including phenoxy) is 2. The SMILES string of the molecule is COC(=O)C(Cc1ccc(OC)cc1)NC(=O)C1CN(C(=O)c2cccc(F)c2)CCN1S(C)(=O)=O. The molecule has 0 aromatic heterocycles. The van der Waals surface area contributed by atoms with Gasteiger partial charge < -0.3 is 19.7 Å². The topological polar surface area (TPSA) is 122 Å². The number of benzene rings is 2. The van der Waals surface area contributed by atoms with Gasteiger partial charge in [-0.1, -0.05) is 18.2 Å². The molecule has 1 N–H and O–H groups in total. The predicted molar refractivity (Wildman–Crippen MR) is 128 cm³/mol. The van der Waals surface area contributed by atoms with Gasteiger partial charge in [0.2, 0.25) is 15.9 Å². The number of rotatable bonds is 8. The summed E-state index contributed by atoms with van der Waals surface area (Å²) < 4.78 is 49.4. The van der Waals surface area contributed by atoms with Crippen LogP contribution in [-0.4, -0.2) is 87.6 Å². The molecule has 3 rings (SSSR count). The summed E-state index contributed by atoms with van der Waals surface area (Å²) in [6.45, 7) is -0.400. The van der Waals surface area contributed by atoms with Crippen molar-refractivity contribution in [1.29, 1.82) is 0 Å². The van der Waals surface area contributed by atoms with E-state index in [4.69, 9.17) is 9.47 Å². The first-order valence-electron chi connectivity index (χ1n) is 11.1. The number of halogens is 1. The molecule has 2 amide bonds. The summed E-state index contributed by atoms with van der Waals surface area (Å²) in [5, 5.41) is 2.58. The van der Waals surface area contributed by atoms with E-state index in [2.05, 4.69) is 5.32 Å². The fourth-order valence-corrected chi connectivity index (χ4v) is 5.00. The highest BCUT2D eigenvalue weighted by Gasteiger charge is 2.40. The Kier molecular flexibility index (Phi) is 8.64. The molecule has 1 heterocycles. The number of sulfonamides is 1. The highest BCUT2D eigenvalue weighted by molar-refractivity contribution is 7.88. The number of hydrogen-bond acceptors (Lipinski definition) is 7. The Morgan fingerprint density at radius 3 is 2.39 bits per heavy atom. The first-order chi connectivity index (χ1) is 17.0. The van der Waals surface area contributed by atoms with Crippen LogP contribution in [0.25, 0.3) is 0 Å². The lowest BCUT2D eigenvalue weighted by Gasteiger charge is -2.39. The molecular weight excluding hydrogens is 493 g/mol. The second kappa shape index (κ2) is 11.5. The van der Waals surface area contributed by atoms with Gasteiger partial charge in [-0.15, -0.1) is 0 Å². The van der Waals surface area contributed by atoms with Gasteiger partial charge in [0.15, 0.2) is 0 Å². The van der Waals surface area contributed by atoms with Crippen molar-refractivity contribution in [2.45, 2.75) is 18.5 Å². The monoisotopic (exact) mass is 521 g/mol. The molecule has 2 aromatic carbocycles. The standard InChI is InChI=1S/C24H28FN3O7S/c1-34-19-9-7-16(8-10-19)13-20(24(31)35-2)26-22(29)21-15-27(11-12-28(21)36(3,32)33)23(30)17-5-4-6-18(25)14-17/h4-10,14,20-21H,11-13,15H2,1-3H3,(H,26,29). The number of carbonyl (C=O) groups is 3. The van der Waals surface area contributed by atoms with Gasteiger partial charge >= 0.3 is 5.97 Å². The van der Waals surface area contributed by atoms with Crippen molar-refractivity contribution in [2.24, 2.45) is 0 Å². The molecule has 2 atom stereocenters. The normalized spacial score (nSPS) is 17.2. The molecular formula is C24H28FN3O7S. The Morgan fingerprint density at radius 1 is 1.11 bits per heavy atom. The van der Waals surface area contributed by atoms with Crippen molar-refractivity contribution in [3.63, 3.8) is 0 Å². The minimum atomic E-state index is -3.82. The summed E-state index contributed by atoms with van der Waals surface area (Å²) in [6.07, 6.45) is 1.05. The summed E-state index contributed by atoms with van der Waals surface area (Å²) in [5.41, 5.74) is 0.784.